The van der Waals surface area contributed by atoms with Crippen molar-refractivity contribution in [1.82, 2.24) is 20.1 Å². The number of nitrogens with zero attached hydrogens (tertiary/aromatic N) is 3. The molecule has 0 radical (unpaired) electrons. The second kappa shape index (κ2) is 8.24. The van der Waals surface area contributed by atoms with Crippen molar-refractivity contribution in [2.45, 2.75) is 33.7 Å². The summed E-state index contributed by atoms with van der Waals surface area (Å²) in [5, 5.41) is 2.83. The summed E-state index contributed by atoms with van der Waals surface area (Å²) >= 11 is 0. The van der Waals surface area contributed by atoms with Gasteiger partial charge in [-0.3, -0.25) is 19.5 Å². The average Bonchev–Trinajstić information content (AvgIpc) is 2.55. The normalized spacial score (nSPS) is 16.0. The van der Waals surface area contributed by atoms with Crippen LogP contribution in [0, 0.1) is 5.41 Å². The molecule has 1 aromatic rings. The Kier molecular flexibility index (Phi) is 6.31. The number of amides is 2. The van der Waals surface area contributed by atoms with Crippen LogP contribution in [0.5, 0.6) is 0 Å². The number of hydrogen-bond donors (Lipinski definition) is 1. The number of carbonyl (C=O) groups excluding carboxylic acids is 2. The van der Waals surface area contributed by atoms with Crippen molar-refractivity contribution in [3.63, 3.8) is 0 Å². The van der Waals surface area contributed by atoms with E-state index in [0.29, 0.717) is 13.0 Å². The summed E-state index contributed by atoms with van der Waals surface area (Å²) in [7, 11) is 0. The van der Waals surface area contributed by atoms with Gasteiger partial charge in [-0.25, -0.2) is 0 Å². The molecule has 6 heteroatoms. The average molecular weight is 332 g/mol. The molecule has 1 fully saturated rings. The fourth-order valence-corrected chi connectivity index (χ4v) is 2.61. The van der Waals surface area contributed by atoms with Crippen LogP contribution in [0.3, 0.4) is 0 Å². The predicted molar refractivity (Wildman–Crippen MR) is 93.2 cm³/mol. The first kappa shape index (κ1) is 18.4. The van der Waals surface area contributed by atoms with E-state index in [4.69, 9.17) is 0 Å². The molecule has 0 aromatic carbocycles. The lowest BCUT2D eigenvalue weighted by atomic mass is 9.96. The van der Waals surface area contributed by atoms with Gasteiger partial charge in [0.25, 0.3) is 0 Å². The quantitative estimate of drug-likeness (QED) is 0.882. The van der Waals surface area contributed by atoms with Crippen LogP contribution in [-0.2, 0) is 16.1 Å². The summed E-state index contributed by atoms with van der Waals surface area (Å²) in [6, 6.07) is 4.05. The van der Waals surface area contributed by atoms with Crippen LogP contribution in [0.4, 0.5) is 0 Å². The third kappa shape index (κ3) is 5.60. The van der Waals surface area contributed by atoms with Gasteiger partial charge >= 0.3 is 0 Å². The molecule has 1 saturated heterocycles. The molecule has 0 bridgehead atoms. The van der Waals surface area contributed by atoms with Crippen LogP contribution in [-0.4, -0.2) is 59.3 Å². The highest BCUT2D eigenvalue weighted by molar-refractivity contribution is 5.82. The molecule has 0 atom stereocenters. The standard InChI is InChI=1S/C18H28N4O2/c1-18(2,3)17(24)20-9-6-16(23)22-12-10-21(11-13-22)14-15-4-7-19-8-5-15/h4-5,7-8H,6,9-14H2,1-3H3,(H,20,24). The molecule has 1 N–H and O–H groups in total. The summed E-state index contributed by atoms with van der Waals surface area (Å²) in [5.74, 6) is 0.102. The van der Waals surface area contributed by atoms with Crippen LogP contribution in [0.15, 0.2) is 24.5 Å². The molecule has 0 aliphatic carbocycles. The van der Waals surface area contributed by atoms with Crippen LogP contribution in [0.2, 0.25) is 0 Å². The minimum absolute atomic E-state index is 0.0162. The van der Waals surface area contributed by atoms with Gasteiger partial charge in [-0.1, -0.05) is 20.8 Å². The molecular formula is C18H28N4O2. The second-order valence-electron chi connectivity index (χ2n) is 7.27. The van der Waals surface area contributed by atoms with Crippen molar-refractivity contribution >= 4 is 11.8 Å². The number of rotatable bonds is 5. The number of pyridine rings is 1. The molecule has 1 aliphatic heterocycles. The fraction of sp³-hybridized carbons (Fsp3) is 0.611. The number of hydrogen-bond acceptors (Lipinski definition) is 4. The maximum atomic E-state index is 12.2. The first-order valence-electron chi connectivity index (χ1n) is 8.53. The van der Waals surface area contributed by atoms with Gasteiger partial charge in [0.05, 0.1) is 0 Å². The van der Waals surface area contributed by atoms with Crippen molar-refractivity contribution < 1.29 is 9.59 Å². The Labute approximate surface area is 144 Å². The first-order valence-corrected chi connectivity index (χ1v) is 8.53. The minimum atomic E-state index is -0.415. The SMILES string of the molecule is CC(C)(C)C(=O)NCCC(=O)N1CCN(Cc2ccncc2)CC1. The zero-order valence-corrected chi connectivity index (χ0v) is 14.9. The highest BCUT2D eigenvalue weighted by Gasteiger charge is 2.23. The molecule has 132 valence electrons. The topological polar surface area (TPSA) is 65.5 Å². The molecule has 6 nitrogen and oxygen atoms in total. The number of carbonyl (C=O) groups is 2. The van der Waals surface area contributed by atoms with Crippen molar-refractivity contribution in [3.8, 4) is 0 Å². The lowest BCUT2D eigenvalue weighted by Gasteiger charge is -2.34. The Hall–Kier alpha value is -1.95. The zero-order chi connectivity index (χ0) is 17.6. The predicted octanol–water partition coefficient (Wildman–Crippen LogP) is 1.28. The van der Waals surface area contributed by atoms with E-state index < -0.39 is 5.41 Å². The molecule has 2 rings (SSSR count). The van der Waals surface area contributed by atoms with E-state index in [1.165, 1.54) is 5.56 Å². The highest BCUT2D eigenvalue weighted by atomic mass is 16.2. The van der Waals surface area contributed by atoms with Crippen molar-refractivity contribution in [2.24, 2.45) is 5.41 Å². The van der Waals surface area contributed by atoms with Gasteiger partial charge in [-0.2, -0.15) is 0 Å². The van der Waals surface area contributed by atoms with E-state index in [1.54, 1.807) is 12.4 Å². The number of piperazine rings is 1. The van der Waals surface area contributed by atoms with E-state index >= 15 is 0 Å². The molecule has 24 heavy (non-hydrogen) atoms. The third-order valence-electron chi connectivity index (χ3n) is 4.19. The summed E-state index contributed by atoms with van der Waals surface area (Å²) < 4.78 is 0. The molecule has 1 aliphatic rings. The zero-order valence-electron chi connectivity index (χ0n) is 14.9. The largest absolute Gasteiger partial charge is 0.355 e. The maximum Gasteiger partial charge on any atom is 0.225 e. The number of aromatic nitrogens is 1. The smallest absolute Gasteiger partial charge is 0.225 e. The monoisotopic (exact) mass is 332 g/mol. The molecule has 0 unspecified atom stereocenters. The van der Waals surface area contributed by atoms with Crippen LogP contribution in [0.1, 0.15) is 32.8 Å². The van der Waals surface area contributed by atoms with Gasteiger partial charge in [-0.05, 0) is 17.7 Å². The Balaban J connectivity index is 1.68. The van der Waals surface area contributed by atoms with Gasteiger partial charge in [0.1, 0.15) is 0 Å². The fourth-order valence-electron chi connectivity index (χ4n) is 2.61. The van der Waals surface area contributed by atoms with E-state index in [0.717, 1.165) is 32.7 Å². The van der Waals surface area contributed by atoms with Crippen LogP contribution < -0.4 is 5.32 Å². The van der Waals surface area contributed by atoms with Gasteiger partial charge < -0.3 is 10.2 Å². The van der Waals surface area contributed by atoms with Gasteiger partial charge in [0, 0.05) is 63.5 Å². The Bertz CT molecular complexity index is 546. The van der Waals surface area contributed by atoms with Gasteiger partial charge in [0.15, 0.2) is 0 Å². The van der Waals surface area contributed by atoms with E-state index in [-0.39, 0.29) is 11.8 Å². The summed E-state index contributed by atoms with van der Waals surface area (Å²) in [6.45, 7) is 10.2. The summed E-state index contributed by atoms with van der Waals surface area (Å²) in [4.78, 5) is 32.3. The van der Waals surface area contributed by atoms with E-state index in [2.05, 4.69) is 15.2 Å². The molecule has 2 amide bonds. The van der Waals surface area contributed by atoms with Crippen LogP contribution >= 0.6 is 0 Å². The molecule has 0 saturated carbocycles. The molecule has 2 heterocycles. The minimum Gasteiger partial charge on any atom is -0.355 e. The summed E-state index contributed by atoms with van der Waals surface area (Å²) in [5.41, 5.74) is 0.830. The molecule has 1 aromatic heterocycles. The number of nitrogens with one attached hydrogen (secondary N) is 1. The van der Waals surface area contributed by atoms with Crippen LogP contribution in [0.25, 0.3) is 0 Å². The lowest BCUT2D eigenvalue weighted by molar-refractivity contribution is -0.133. The Morgan fingerprint density at radius 2 is 1.75 bits per heavy atom. The van der Waals surface area contributed by atoms with Gasteiger partial charge in [0.2, 0.25) is 11.8 Å². The Morgan fingerprint density at radius 1 is 1.12 bits per heavy atom. The van der Waals surface area contributed by atoms with E-state index in [9.17, 15) is 9.59 Å². The second-order valence-corrected chi connectivity index (χ2v) is 7.27. The highest BCUT2D eigenvalue weighted by Crippen LogP contribution is 2.12. The van der Waals surface area contributed by atoms with Gasteiger partial charge in [-0.15, -0.1) is 0 Å². The third-order valence-corrected chi connectivity index (χ3v) is 4.19. The Morgan fingerprint density at radius 3 is 2.33 bits per heavy atom. The molecular weight excluding hydrogens is 304 g/mol. The molecule has 0 spiro atoms. The van der Waals surface area contributed by atoms with E-state index in [1.807, 2.05) is 37.8 Å². The van der Waals surface area contributed by atoms with Crippen molar-refractivity contribution in [2.75, 3.05) is 32.7 Å². The summed E-state index contributed by atoms with van der Waals surface area (Å²) in [6.07, 6.45) is 3.98. The maximum absolute atomic E-state index is 12.2. The lowest BCUT2D eigenvalue weighted by Crippen LogP contribution is -2.49. The van der Waals surface area contributed by atoms with Crippen molar-refractivity contribution in [3.05, 3.63) is 30.1 Å². The van der Waals surface area contributed by atoms with Crippen molar-refractivity contribution in [1.29, 1.82) is 0 Å². The first-order chi connectivity index (χ1) is 11.4.